The van der Waals surface area contributed by atoms with Gasteiger partial charge in [0.15, 0.2) is 12.0 Å². The maximum Gasteiger partial charge on any atom is 0.257 e. The highest BCUT2D eigenvalue weighted by Gasteiger charge is 2.32. The van der Waals surface area contributed by atoms with E-state index in [1.165, 1.54) is 6.39 Å². The zero-order valence-electron chi connectivity index (χ0n) is 17.5. The minimum absolute atomic E-state index is 0.0874. The Morgan fingerprint density at radius 3 is 2.81 bits per heavy atom. The normalized spacial score (nSPS) is 13.8. The Labute approximate surface area is 195 Å². The summed E-state index contributed by atoms with van der Waals surface area (Å²) in [5, 5.41) is 8.49. The van der Waals surface area contributed by atoms with Crippen LogP contribution in [0.3, 0.4) is 0 Å². The maximum absolute atomic E-state index is 13.6. The van der Waals surface area contributed by atoms with Crippen LogP contribution in [0.4, 0.5) is 0 Å². The summed E-state index contributed by atoms with van der Waals surface area (Å²) >= 11 is 10.4. The lowest BCUT2D eigenvalue weighted by Crippen LogP contribution is -2.39. The molecule has 9 nitrogen and oxygen atoms in total. The molecule has 1 N–H and O–H groups in total. The highest BCUT2D eigenvalue weighted by Crippen LogP contribution is 2.40. The number of aryl methyl sites for hydroxylation is 3. The molecule has 0 radical (unpaired) electrons. The lowest BCUT2D eigenvalue weighted by Gasteiger charge is -2.30. The summed E-state index contributed by atoms with van der Waals surface area (Å²) in [5.41, 5.74) is 5.02. The van der Waals surface area contributed by atoms with Crippen LogP contribution in [0.1, 0.15) is 32.9 Å². The summed E-state index contributed by atoms with van der Waals surface area (Å²) in [5.74, 6) is -0.251. The highest BCUT2D eigenvalue weighted by molar-refractivity contribution is 9.10. The van der Waals surface area contributed by atoms with Gasteiger partial charge in [-0.3, -0.25) is 9.59 Å². The van der Waals surface area contributed by atoms with E-state index in [1.807, 2.05) is 13.0 Å². The minimum Gasteiger partial charge on any atom is -0.443 e. The number of benzene rings is 1. The third-order valence-corrected chi connectivity index (χ3v) is 6.92. The zero-order valence-corrected chi connectivity index (χ0v) is 19.8. The van der Waals surface area contributed by atoms with E-state index in [-0.39, 0.29) is 18.0 Å². The van der Waals surface area contributed by atoms with Crippen LogP contribution in [-0.2, 0) is 20.0 Å². The molecule has 0 unspecified atom stereocenters. The fourth-order valence-corrected chi connectivity index (χ4v) is 5.22. The first kappa shape index (κ1) is 20.9. The van der Waals surface area contributed by atoms with E-state index in [9.17, 15) is 9.59 Å². The van der Waals surface area contributed by atoms with E-state index in [0.717, 1.165) is 15.7 Å². The summed E-state index contributed by atoms with van der Waals surface area (Å²) in [6, 6.07) is 1.90. The second-order valence-electron chi connectivity index (χ2n) is 7.79. The van der Waals surface area contributed by atoms with Gasteiger partial charge in [-0.25, -0.2) is 9.67 Å². The van der Waals surface area contributed by atoms with Crippen molar-refractivity contribution in [2.75, 3.05) is 6.54 Å². The number of pyridine rings is 1. The van der Waals surface area contributed by atoms with Crippen LogP contribution in [-0.4, -0.2) is 42.3 Å². The quantitative estimate of drug-likeness (QED) is 0.445. The smallest absolute Gasteiger partial charge is 0.257 e. The van der Waals surface area contributed by atoms with Gasteiger partial charge in [0, 0.05) is 29.3 Å². The third kappa shape index (κ3) is 3.08. The van der Waals surface area contributed by atoms with Crippen molar-refractivity contribution in [1.29, 1.82) is 0 Å². The molecule has 5 rings (SSSR count). The van der Waals surface area contributed by atoms with Crippen LogP contribution < -0.4 is 5.56 Å². The molecule has 1 aromatic carbocycles. The van der Waals surface area contributed by atoms with Gasteiger partial charge in [-0.15, -0.1) is 5.10 Å². The van der Waals surface area contributed by atoms with Crippen LogP contribution in [0.5, 0.6) is 0 Å². The number of carbonyl (C=O) groups excluding carboxylic acids is 1. The number of rotatable bonds is 3. The third-order valence-electron chi connectivity index (χ3n) is 5.82. The molecule has 164 valence electrons. The molecule has 0 bridgehead atoms. The minimum atomic E-state index is -0.303. The van der Waals surface area contributed by atoms with E-state index in [1.54, 1.807) is 23.6 Å². The predicted octanol–water partition coefficient (Wildman–Crippen LogP) is 3.54. The summed E-state index contributed by atoms with van der Waals surface area (Å²) in [6.07, 6.45) is 1.89. The number of H-pyrrole nitrogens is 1. The van der Waals surface area contributed by atoms with Crippen LogP contribution in [0.2, 0.25) is 5.02 Å². The van der Waals surface area contributed by atoms with Crippen LogP contribution in [0.25, 0.3) is 22.4 Å². The van der Waals surface area contributed by atoms with Crippen molar-refractivity contribution in [2.45, 2.75) is 26.8 Å². The molecule has 1 aliphatic rings. The Bertz CT molecular complexity index is 1450. The number of oxazole rings is 1. The molecule has 3 aromatic heterocycles. The number of aromatic amines is 1. The monoisotopic (exact) mass is 516 g/mol. The second-order valence-corrected chi connectivity index (χ2v) is 9.02. The van der Waals surface area contributed by atoms with E-state index in [4.69, 9.17) is 16.0 Å². The lowest BCUT2D eigenvalue weighted by atomic mass is 9.94. The molecule has 32 heavy (non-hydrogen) atoms. The Balaban J connectivity index is 1.60. The number of halogens is 2. The van der Waals surface area contributed by atoms with E-state index >= 15 is 0 Å². The number of nitrogens with one attached hydrogen (secondary N) is 1. The fourth-order valence-electron chi connectivity index (χ4n) is 4.26. The van der Waals surface area contributed by atoms with Crippen molar-refractivity contribution < 1.29 is 9.21 Å². The predicted molar refractivity (Wildman–Crippen MR) is 122 cm³/mol. The summed E-state index contributed by atoms with van der Waals surface area (Å²) in [7, 11) is 1.78. The van der Waals surface area contributed by atoms with Gasteiger partial charge >= 0.3 is 0 Å². The van der Waals surface area contributed by atoms with Crippen LogP contribution in [0, 0.1) is 13.8 Å². The zero-order chi connectivity index (χ0) is 22.7. The first-order valence-corrected chi connectivity index (χ1v) is 11.1. The average molecular weight is 518 g/mol. The second kappa shape index (κ2) is 7.56. The van der Waals surface area contributed by atoms with Crippen LogP contribution in [0.15, 0.2) is 26.1 Å². The van der Waals surface area contributed by atoms with Crippen molar-refractivity contribution in [3.8, 4) is 11.3 Å². The van der Waals surface area contributed by atoms with Gasteiger partial charge in [0.05, 0.1) is 34.1 Å². The van der Waals surface area contributed by atoms with Crippen molar-refractivity contribution in [3.63, 3.8) is 0 Å². The summed E-state index contributed by atoms with van der Waals surface area (Å²) in [4.78, 5) is 34.8. The van der Waals surface area contributed by atoms with Gasteiger partial charge in [0.2, 0.25) is 0 Å². The Hall–Kier alpha value is -2.98. The molecule has 4 heterocycles. The van der Waals surface area contributed by atoms with Crippen molar-refractivity contribution in [2.24, 2.45) is 7.05 Å². The molecule has 1 aliphatic heterocycles. The largest absolute Gasteiger partial charge is 0.443 e. The number of nitrogens with zero attached hydrogens (tertiary/aromatic N) is 5. The summed E-state index contributed by atoms with van der Waals surface area (Å²) in [6.45, 7) is 4.12. The van der Waals surface area contributed by atoms with Crippen molar-refractivity contribution >= 4 is 44.5 Å². The van der Waals surface area contributed by atoms with Gasteiger partial charge < -0.3 is 14.3 Å². The molecule has 4 aromatic rings. The summed E-state index contributed by atoms with van der Waals surface area (Å²) < 4.78 is 7.90. The highest BCUT2D eigenvalue weighted by atomic mass is 79.9. The van der Waals surface area contributed by atoms with E-state index in [2.05, 4.69) is 36.2 Å². The molecular weight excluding hydrogens is 500 g/mol. The standard InChI is InChI=1S/C21H18BrClN6O3/c1-9-17-19(32-8-24-17)13(20(30)25-9)7-29-5-4-11-14(22)6-12(16(23)15(11)21(29)31)18-10(2)26-27-28(18)3/h6,8H,4-5,7H2,1-3H3,(H,25,30). The number of amides is 1. The maximum atomic E-state index is 13.6. The SMILES string of the molecule is Cc1nnn(C)c1-c1cc(Br)c2c(c1Cl)C(=O)N(Cc1c(=O)[nH]c(C)c3ncoc13)CC2. The van der Waals surface area contributed by atoms with E-state index < -0.39 is 0 Å². The number of carbonyl (C=O) groups is 1. The number of hydrogen-bond donors (Lipinski definition) is 1. The van der Waals surface area contributed by atoms with Gasteiger partial charge in [-0.1, -0.05) is 32.7 Å². The van der Waals surface area contributed by atoms with Gasteiger partial charge in [-0.2, -0.15) is 0 Å². The number of aromatic nitrogens is 5. The number of fused-ring (bicyclic) bond motifs is 2. The Kier molecular flexibility index (Phi) is 4.94. The molecule has 0 saturated heterocycles. The van der Waals surface area contributed by atoms with Crippen molar-refractivity contribution in [3.05, 3.63) is 60.4 Å². The topological polar surface area (TPSA) is 110 Å². The average Bonchev–Trinajstić information content (AvgIpc) is 3.36. The molecule has 1 amide bonds. The van der Waals surface area contributed by atoms with Gasteiger partial charge in [-0.05, 0) is 31.9 Å². The molecule has 0 spiro atoms. The van der Waals surface area contributed by atoms with Gasteiger partial charge in [0.1, 0.15) is 5.52 Å². The molecule has 0 fully saturated rings. The Morgan fingerprint density at radius 1 is 1.31 bits per heavy atom. The molecule has 0 aliphatic carbocycles. The van der Waals surface area contributed by atoms with Crippen molar-refractivity contribution in [1.82, 2.24) is 29.9 Å². The van der Waals surface area contributed by atoms with E-state index in [0.29, 0.717) is 57.2 Å². The molecule has 0 saturated carbocycles. The first-order chi connectivity index (χ1) is 15.3. The number of hydrogen-bond acceptors (Lipinski definition) is 6. The molecular formula is C21H18BrClN6O3. The lowest BCUT2D eigenvalue weighted by molar-refractivity contribution is 0.0726. The van der Waals surface area contributed by atoms with Gasteiger partial charge in [0.25, 0.3) is 11.5 Å². The first-order valence-electron chi connectivity index (χ1n) is 9.89. The fraction of sp³-hybridized carbons (Fsp3) is 0.286. The Morgan fingerprint density at radius 2 is 2.09 bits per heavy atom. The van der Waals surface area contributed by atoms with Crippen LogP contribution >= 0.6 is 27.5 Å². The molecule has 11 heteroatoms. The molecule has 0 atom stereocenters.